The van der Waals surface area contributed by atoms with Crippen molar-refractivity contribution in [1.29, 1.82) is 0 Å². The summed E-state index contributed by atoms with van der Waals surface area (Å²) in [5.41, 5.74) is -1.43. The number of carbonyl (C=O) groups is 2. The van der Waals surface area contributed by atoms with E-state index in [1.54, 1.807) is 6.08 Å². The second kappa shape index (κ2) is 6.70. The summed E-state index contributed by atoms with van der Waals surface area (Å²) in [5.74, 6) is -0.520. The Morgan fingerprint density at radius 3 is 2.59 bits per heavy atom. The van der Waals surface area contributed by atoms with Gasteiger partial charge in [-0.25, -0.2) is 4.79 Å². The molecule has 0 aromatic heterocycles. The molecule has 2 bridgehead atoms. The van der Waals surface area contributed by atoms with Crippen molar-refractivity contribution in [1.82, 2.24) is 0 Å². The molecule has 2 N–H and O–H groups in total. The first-order chi connectivity index (χ1) is 12.6. The van der Waals surface area contributed by atoms with Gasteiger partial charge in [-0.3, -0.25) is 4.79 Å². The first kappa shape index (κ1) is 20.5. The molecule has 0 amide bonds. The van der Waals surface area contributed by atoms with Crippen LogP contribution in [0, 0.1) is 34.0 Å². The van der Waals surface area contributed by atoms with Crippen molar-refractivity contribution in [3.05, 3.63) is 12.7 Å². The Hall–Kier alpha value is -1.20. The van der Waals surface area contributed by atoms with E-state index in [1.165, 1.54) is 0 Å². The van der Waals surface area contributed by atoms with Crippen LogP contribution in [0.1, 0.15) is 59.8 Å². The zero-order valence-corrected chi connectivity index (χ0v) is 17.0. The van der Waals surface area contributed by atoms with Crippen LogP contribution in [0.5, 0.6) is 0 Å². The van der Waals surface area contributed by atoms with Crippen LogP contribution in [0.25, 0.3) is 0 Å². The Labute approximate surface area is 162 Å². The standard InChI is InChI=1S/C22H34O5/c1-6-20(4)11-16(27-17(25)12-23)21(5)13(2)7-9-22(14(3)19(20)26)10-8-15(24)18(21)22/h6,13-14,16,18-19,23,26H,1,7-12H2,2-5H3/t13-,14+,16-,18+,19-,20-,21+,22-/m1/s1. The summed E-state index contributed by atoms with van der Waals surface area (Å²) < 4.78 is 5.77. The topological polar surface area (TPSA) is 83.8 Å². The van der Waals surface area contributed by atoms with Crippen LogP contribution in [0.15, 0.2) is 12.7 Å². The molecule has 0 radical (unpaired) electrons. The van der Waals surface area contributed by atoms with Gasteiger partial charge in [-0.05, 0) is 42.9 Å². The van der Waals surface area contributed by atoms with E-state index in [0.717, 1.165) is 19.3 Å². The molecule has 0 unspecified atom stereocenters. The van der Waals surface area contributed by atoms with Crippen molar-refractivity contribution in [2.75, 3.05) is 6.61 Å². The highest BCUT2D eigenvalue weighted by atomic mass is 16.6. The molecule has 5 nitrogen and oxygen atoms in total. The number of hydrogen-bond donors (Lipinski definition) is 2. The van der Waals surface area contributed by atoms with Gasteiger partial charge in [-0.1, -0.05) is 33.8 Å². The predicted molar refractivity (Wildman–Crippen MR) is 102 cm³/mol. The van der Waals surface area contributed by atoms with Crippen molar-refractivity contribution in [3.63, 3.8) is 0 Å². The Balaban J connectivity index is 2.21. The maximum absolute atomic E-state index is 13.1. The average molecular weight is 379 g/mol. The summed E-state index contributed by atoms with van der Waals surface area (Å²) in [4.78, 5) is 25.2. The van der Waals surface area contributed by atoms with Gasteiger partial charge in [0.05, 0.1) is 6.10 Å². The van der Waals surface area contributed by atoms with Crippen LogP contribution in [-0.4, -0.2) is 40.8 Å². The fourth-order valence-electron chi connectivity index (χ4n) is 6.70. The maximum atomic E-state index is 13.1. The lowest BCUT2D eigenvalue weighted by atomic mass is 9.44. The van der Waals surface area contributed by atoms with Gasteiger partial charge in [0.1, 0.15) is 18.5 Å². The van der Waals surface area contributed by atoms with Crippen LogP contribution >= 0.6 is 0 Å². The average Bonchev–Trinajstić information content (AvgIpc) is 3.00. The second-order valence-electron chi connectivity index (χ2n) is 9.72. The molecule has 3 aliphatic rings. The number of aliphatic hydroxyl groups excluding tert-OH is 2. The monoisotopic (exact) mass is 378 g/mol. The van der Waals surface area contributed by atoms with E-state index < -0.39 is 35.6 Å². The van der Waals surface area contributed by atoms with Gasteiger partial charge in [-0.15, -0.1) is 6.58 Å². The molecule has 152 valence electrons. The molecule has 0 aliphatic heterocycles. The summed E-state index contributed by atoms with van der Waals surface area (Å²) in [6, 6.07) is 0. The molecule has 27 heavy (non-hydrogen) atoms. The highest BCUT2D eigenvalue weighted by Gasteiger charge is 2.68. The first-order valence-corrected chi connectivity index (χ1v) is 10.2. The second-order valence-corrected chi connectivity index (χ2v) is 9.72. The zero-order chi connectivity index (χ0) is 20.2. The lowest BCUT2D eigenvalue weighted by Gasteiger charge is -2.61. The molecule has 8 atom stereocenters. The molecule has 0 heterocycles. The summed E-state index contributed by atoms with van der Waals surface area (Å²) >= 11 is 0. The van der Waals surface area contributed by atoms with Crippen LogP contribution in [0.4, 0.5) is 0 Å². The van der Waals surface area contributed by atoms with Gasteiger partial charge >= 0.3 is 5.97 Å². The quantitative estimate of drug-likeness (QED) is 0.583. The summed E-state index contributed by atoms with van der Waals surface area (Å²) in [6.45, 7) is 11.5. The minimum atomic E-state index is -0.686. The Bertz CT molecular complexity index is 645. The SMILES string of the molecule is C=C[C@]1(C)C[C@@H](OC(=O)CO)[C@]2(C)[C@H](C)CC[C@@]3(CCC(=O)[C@H]32)[C@@H](C)[C@H]1O. The van der Waals surface area contributed by atoms with Crippen LogP contribution in [0.3, 0.4) is 0 Å². The van der Waals surface area contributed by atoms with E-state index in [1.807, 2.05) is 6.92 Å². The lowest BCUT2D eigenvalue weighted by Crippen LogP contribution is -2.63. The molecule has 3 saturated carbocycles. The van der Waals surface area contributed by atoms with E-state index in [-0.39, 0.29) is 29.0 Å². The molecular weight excluding hydrogens is 344 g/mol. The van der Waals surface area contributed by atoms with Crippen molar-refractivity contribution in [2.24, 2.45) is 34.0 Å². The smallest absolute Gasteiger partial charge is 0.332 e. The minimum Gasteiger partial charge on any atom is -0.460 e. The molecule has 3 aliphatic carbocycles. The molecule has 5 heteroatoms. The molecule has 0 saturated heterocycles. The third-order valence-corrected chi connectivity index (χ3v) is 8.70. The highest BCUT2D eigenvalue weighted by Crippen LogP contribution is 2.67. The number of carbonyl (C=O) groups excluding carboxylic acids is 2. The van der Waals surface area contributed by atoms with E-state index in [0.29, 0.717) is 12.8 Å². The Kier molecular flexibility index (Phi) is 5.09. The maximum Gasteiger partial charge on any atom is 0.332 e. The number of Topliss-reactive ketones (excluding diaryl/α,β-unsaturated/α-hetero) is 1. The number of rotatable bonds is 3. The third-order valence-electron chi connectivity index (χ3n) is 8.70. The van der Waals surface area contributed by atoms with Crippen LogP contribution in [-0.2, 0) is 14.3 Å². The molecule has 3 rings (SSSR count). The molecule has 0 spiro atoms. The van der Waals surface area contributed by atoms with Crippen molar-refractivity contribution < 1.29 is 24.5 Å². The Morgan fingerprint density at radius 2 is 2.00 bits per heavy atom. The van der Waals surface area contributed by atoms with E-state index in [9.17, 15) is 19.8 Å². The van der Waals surface area contributed by atoms with E-state index in [4.69, 9.17) is 4.74 Å². The fraction of sp³-hybridized carbons (Fsp3) is 0.818. The predicted octanol–water partition coefficient (Wildman–Crippen LogP) is 2.89. The van der Waals surface area contributed by atoms with Gasteiger partial charge in [0.25, 0.3) is 0 Å². The number of ketones is 1. The summed E-state index contributed by atoms with van der Waals surface area (Å²) in [7, 11) is 0. The number of hydrogen-bond acceptors (Lipinski definition) is 5. The molecule has 3 fully saturated rings. The van der Waals surface area contributed by atoms with Gasteiger partial charge in [-0.2, -0.15) is 0 Å². The van der Waals surface area contributed by atoms with Crippen molar-refractivity contribution in [3.8, 4) is 0 Å². The molecule has 0 aromatic carbocycles. The van der Waals surface area contributed by atoms with Gasteiger partial charge < -0.3 is 14.9 Å². The largest absolute Gasteiger partial charge is 0.460 e. The number of aliphatic hydroxyl groups is 2. The number of ether oxygens (including phenoxy) is 1. The van der Waals surface area contributed by atoms with Gasteiger partial charge in [0.15, 0.2) is 0 Å². The first-order valence-electron chi connectivity index (χ1n) is 10.2. The summed E-state index contributed by atoms with van der Waals surface area (Å²) in [6.07, 6.45) is 4.10. The highest BCUT2D eigenvalue weighted by molar-refractivity contribution is 5.85. The Morgan fingerprint density at radius 1 is 1.33 bits per heavy atom. The van der Waals surface area contributed by atoms with Crippen LogP contribution in [0.2, 0.25) is 0 Å². The zero-order valence-electron chi connectivity index (χ0n) is 17.0. The van der Waals surface area contributed by atoms with Crippen LogP contribution < -0.4 is 0 Å². The third kappa shape index (κ3) is 2.72. The number of esters is 1. The van der Waals surface area contributed by atoms with Gasteiger partial charge in [0.2, 0.25) is 0 Å². The molecular formula is C22H34O5. The summed E-state index contributed by atoms with van der Waals surface area (Å²) in [5, 5.41) is 20.6. The normalized spacial score (nSPS) is 49.7. The van der Waals surface area contributed by atoms with E-state index >= 15 is 0 Å². The van der Waals surface area contributed by atoms with Crippen molar-refractivity contribution >= 4 is 11.8 Å². The van der Waals surface area contributed by atoms with Crippen molar-refractivity contribution in [2.45, 2.75) is 72.0 Å². The minimum absolute atomic E-state index is 0.0433. The van der Waals surface area contributed by atoms with Gasteiger partial charge in [0, 0.05) is 23.2 Å². The lowest BCUT2D eigenvalue weighted by molar-refractivity contribution is -0.207. The van der Waals surface area contributed by atoms with E-state index in [2.05, 4.69) is 27.4 Å². The molecule has 0 aromatic rings. The fourth-order valence-corrected chi connectivity index (χ4v) is 6.70.